The zero-order valence-corrected chi connectivity index (χ0v) is 22.8. The third-order valence-electron chi connectivity index (χ3n) is 5.88. The van der Waals surface area contributed by atoms with Gasteiger partial charge in [0.15, 0.2) is 18.1 Å². The highest BCUT2D eigenvalue weighted by molar-refractivity contribution is 5.95. The number of esters is 1. The molecule has 11 nitrogen and oxygen atoms in total. The van der Waals surface area contributed by atoms with E-state index < -0.39 is 23.9 Å². The van der Waals surface area contributed by atoms with Crippen LogP contribution in [0.5, 0.6) is 23.0 Å². The van der Waals surface area contributed by atoms with E-state index in [1.807, 2.05) is 48.5 Å². The molecule has 0 fully saturated rings. The van der Waals surface area contributed by atoms with Crippen LogP contribution in [0, 0.1) is 0 Å². The second-order valence-electron chi connectivity index (χ2n) is 8.77. The number of para-hydroxylation sites is 1. The van der Waals surface area contributed by atoms with Gasteiger partial charge in [-0.3, -0.25) is 4.79 Å². The van der Waals surface area contributed by atoms with Crippen LogP contribution in [0.1, 0.15) is 31.0 Å². The number of urea groups is 1. The van der Waals surface area contributed by atoms with E-state index >= 15 is 0 Å². The van der Waals surface area contributed by atoms with E-state index in [1.165, 1.54) is 13.3 Å². The van der Waals surface area contributed by atoms with Crippen molar-refractivity contribution in [2.75, 3.05) is 20.3 Å². The van der Waals surface area contributed by atoms with Crippen molar-refractivity contribution < 1.29 is 33.3 Å². The summed E-state index contributed by atoms with van der Waals surface area (Å²) in [6, 6.07) is 20.3. The number of nitrogens with zero attached hydrogens (tertiary/aromatic N) is 1. The predicted octanol–water partition coefficient (Wildman–Crippen LogP) is 4.21. The average Bonchev–Trinajstić information content (AvgIpc) is 2.96. The van der Waals surface area contributed by atoms with Gasteiger partial charge in [-0.05, 0) is 61.4 Å². The summed E-state index contributed by atoms with van der Waals surface area (Å²) in [5, 5.41) is 9.31. The number of carbonyl (C=O) groups excluding carboxylic acids is 3. The smallest absolute Gasteiger partial charge is 0.338 e. The monoisotopic (exact) mass is 558 g/mol. The molecule has 1 atom stereocenters. The summed E-state index contributed by atoms with van der Waals surface area (Å²) >= 11 is 0. The maximum atomic E-state index is 12.6. The first kappa shape index (κ1) is 28.7. The molecule has 0 saturated carbocycles. The van der Waals surface area contributed by atoms with Crippen LogP contribution in [-0.2, 0) is 14.3 Å². The molecular weight excluding hydrogens is 528 g/mol. The Labute approximate surface area is 237 Å². The Morgan fingerprint density at radius 3 is 2.54 bits per heavy atom. The van der Waals surface area contributed by atoms with Crippen LogP contribution in [0.15, 0.2) is 89.2 Å². The lowest BCUT2D eigenvalue weighted by molar-refractivity contribution is -0.139. The highest BCUT2D eigenvalue weighted by atomic mass is 16.5. The number of nitrogens with one attached hydrogen (secondary N) is 3. The van der Waals surface area contributed by atoms with Crippen molar-refractivity contribution in [1.29, 1.82) is 0 Å². The number of benzene rings is 3. The summed E-state index contributed by atoms with van der Waals surface area (Å²) in [6.45, 7) is 3.19. The van der Waals surface area contributed by atoms with E-state index in [0.717, 1.165) is 5.56 Å². The molecule has 0 bridgehead atoms. The molecule has 1 aliphatic heterocycles. The molecule has 212 valence electrons. The zero-order chi connectivity index (χ0) is 29.2. The van der Waals surface area contributed by atoms with E-state index in [4.69, 9.17) is 18.9 Å². The minimum atomic E-state index is -0.764. The Morgan fingerprint density at radius 2 is 1.78 bits per heavy atom. The van der Waals surface area contributed by atoms with Crippen LogP contribution in [0.3, 0.4) is 0 Å². The van der Waals surface area contributed by atoms with Crippen LogP contribution in [0.4, 0.5) is 4.79 Å². The molecule has 11 heteroatoms. The first-order valence-electron chi connectivity index (χ1n) is 12.8. The van der Waals surface area contributed by atoms with E-state index in [9.17, 15) is 14.4 Å². The molecule has 1 heterocycles. The molecule has 3 aromatic rings. The minimum absolute atomic E-state index is 0.188. The van der Waals surface area contributed by atoms with Crippen LogP contribution >= 0.6 is 0 Å². The summed E-state index contributed by atoms with van der Waals surface area (Å²) in [6.07, 6.45) is 1.50. The third kappa shape index (κ3) is 7.63. The van der Waals surface area contributed by atoms with Gasteiger partial charge in [0.05, 0.1) is 31.5 Å². The fourth-order valence-electron chi connectivity index (χ4n) is 4.04. The fraction of sp³-hybridized carbons (Fsp3) is 0.200. The number of ether oxygens (including phenoxy) is 4. The number of hydrogen-bond donors (Lipinski definition) is 3. The topological polar surface area (TPSA) is 137 Å². The zero-order valence-electron chi connectivity index (χ0n) is 22.8. The Balaban J connectivity index is 1.37. The molecule has 41 heavy (non-hydrogen) atoms. The molecule has 3 N–H and O–H groups in total. The molecule has 0 spiro atoms. The molecule has 3 aromatic carbocycles. The molecule has 3 amide bonds. The van der Waals surface area contributed by atoms with Gasteiger partial charge in [0.2, 0.25) is 0 Å². The maximum Gasteiger partial charge on any atom is 0.338 e. The van der Waals surface area contributed by atoms with Crippen molar-refractivity contribution in [3.05, 3.63) is 95.2 Å². The number of methoxy groups -OCH3 is 1. The van der Waals surface area contributed by atoms with Crippen molar-refractivity contribution in [3.63, 3.8) is 0 Å². The highest BCUT2D eigenvalue weighted by Gasteiger charge is 2.32. The lowest BCUT2D eigenvalue weighted by Gasteiger charge is -2.28. The number of carbonyl (C=O) groups is 3. The number of rotatable bonds is 11. The Hall–Kier alpha value is -5.32. The maximum absolute atomic E-state index is 12.6. The molecule has 4 rings (SSSR count). The SMILES string of the molecule is CCOC(=O)C1=C(C)NC(=O)N[C@H]1c1ccc(OCC(=O)N/N=C\c2cccc(Oc3ccccc3)c2)c(OC)c1. The normalized spacial score (nSPS) is 14.6. The Kier molecular flexibility index (Phi) is 9.55. The van der Waals surface area contributed by atoms with Gasteiger partial charge in [0, 0.05) is 5.70 Å². The second kappa shape index (κ2) is 13.7. The highest BCUT2D eigenvalue weighted by Crippen LogP contribution is 2.34. The summed E-state index contributed by atoms with van der Waals surface area (Å²) in [4.78, 5) is 37.1. The minimum Gasteiger partial charge on any atom is -0.493 e. The van der Waals surface area contributed by atoms with Gasteiger partial charge < -0.3 is 29.6 Å². The van der Waals surface area contributed by atoms with Gasteiger partial charge in [-0.2, -0.15) is 5.10 Å². The Bertz CT molecular complexity index is 1470. The molecule has 0 aliphatic carbocycles. The molecule has 0 radical (unpaired) electrons. The van der Waals surface area contributed by atoms with E-state index in [0.29, 0.717) is 34.3 Å². The number of allylic oxidation sites excluding steroid dienone is 1. The first-order valence-corrected chi connectivity index (χ1v) is 12.8. The number of hydrogen-bond acceptors (Lipinski definition) is 8. The number of hydrazone groups is 1. The van der Waals surface area contributed by atoms with Crippen LogP contribution in [0.2, 0.25) is 0 Å². The van der Waals surface area contributed by atoms with Gasteiger partial charge in [-0.15, -0.1) is 0 Å². The van der Waals surface area contributed by atoms with Crippen molar-refractivity contribution >= 4 is 24.1 Å². The Morgan fingerprint density at radius 1 is 1.00 bits per heavy atom. The summed E-state index contributed by atoms with van der Waals surface area (Å²) in [5.41, 5.74) is 4.39. The lowest BCUT2D eigenvalue weighted by Crippen LogP contribution is -2.45. The third-order valence-corrected chi connectivity index (χ3v) is 5.88. The fourth-order valence-corrected chi connectivity index (χ4v) is 4.04. The van der Waals surface area contributed by atoms with Crippen molar-refractivity contribution in [2.24, 2.45) is 5.10 Å². The summed E-state index contributed by atoms with van der Waals surface area (Å²) < 4.78 is 22.1. The van der Waals surface area contributed by atoms with Crippen molar-refractivity contribution in [3.8, 4) is 23.0 Å². The second-order valence-corrected chi connectivity index (χ2v) is 8.77. The van der Waals surface area contributed by atoms with Gasteiger partial charge >= 0.3 is 12.0 Å². The molecule has 0 unspecified atom stereocenters. The predicted molar refractivity (Wildman–Crippen MR) is 151 cm³/mol. The standard InChI is InChI=1S/C30H30N4O7/c1-4-39-29(36)27-19(2)32-30(37)33-28(27)21-13-14-24(25(16-21)38-3)40-18-26(35)34-31-17-20-9-8-12-23(15-20)41-22-10-6-5-7-11-22/h5-17,28H,4,18H2,1-3H3,(H,34,35)(H2,32,33,37)/b31-17-/t28-/m0/s1. The summed E-state index contributed by atoms with van der Waals surface area (Å²) in [7, 11) is 1.44. The molecule has 0 aromatic heterocycles. The molecule has 0 saturated heterocycles. The van der Waals surface area contributed by atoms with Crippen LogP contribution < -0.4 is 30.3 Å². The molecule has 1 aliphatic rings. The van der Waals surface area contributed by atoms with Gasteiger partial charge in [0.25, 0.3) is 5.91 Å². The largest absolute Gasteiger partial charge is 0.493 e. The van der Waals surface area contributed by atoms with Gasteiger partial charge in [-0.25, -0.2) is 15.0 Å². The lowest BCUT2D eigenvalue weighted by atomic mass is 9.95. The van der Waals surface area contributed by atoms with E-state index in [-0.39, 0.29) is 18.8 Å². The van der Waals surface area contributed by atoms with Gasteiger partial charge in [0.1, 0.15) is 11.5 Å². The van der Waals surface area contributed by atoms with E-state index in [1.54, 1.807) is 38.1 Å². The van der Waals surface area contributed by atoms with Crippen LogP contribution in [0.25, 0.3) is 0 Å². The average molecular weight is 559 g/mol. The van der Waals surface area contributed by atoms with Crippen molar-refractivity contribution in [1.82, 2.24) is 16.1 Å². The molecular formula is C30H30N4O7. The van der Waals surface area contributed by atoms with Gasteiger partial charge in [-0.1, -0.05) is 36.4 Å². The van der Waals surface area contributed by atoms with Crippen molar-refractivity contribution in [2.45, 2.75) is 19.9 Å². The number of amides is 3. The van der Waals surface area contributed by atoms with E-state index in [2.05, 4.69) is 21.2 Å². The first-order chi connectivity index (χ1) is 19.9. The summed E-state index contributed by atoms with van der Waals surface area (Å²) in [5.74, 6) is 0.909. The van der Waals surface area contributed by atoms with Crippen LogP contribution in [-0.4, -0.2) is 44.4 Å². The quantitative estimate of drug-likeness (QED) is 0.182.